The molecule has 0 unspecified atom stereocenters. The number of fused-ring (bicyclic) bond motifs is 1. The first kappa shape index (κ1) is 23.3. The van der Waals surface area contributed by atoms with Gasteiger partial charge in [-0.25, -0.2) is 4.90 Å². The summed E-state index contributed by atoms with van der Waals surface area (Å²) < 4.78 is 5.58. The second kappa shape index (κ2) is 8.96. The molecule has 35 heavy (non-hydrogen) atoms. The monoisotopic (exact) mass is 492 g/mol. The maximum Gasteiger partial charge on any atom is 0.316 e. The molecule has 0 bridgehead atoms. The number of amides is 3. The van der Waals surface area contributed by atoms with Gasteiger partial charge in [0.2, 0.25) is 17.7 Å². The van der Waals surface area contributed by atoms with Crippen molar-refractivity contribution < 1.29 is 23.9 Å². The number of carbonyl (C=O) groups excluding carboxylic acids is 4. The van der Waals surface area contributed by atoms with Crippen molar-refractivity contribution >= 4 is 46.7 Å². The number of aryl methyl sites for hydroxylation is 2. The second-order valence-electron chi connectivity index (χ2n) is 9.38. The van der Waals surface area contributed by atoms with E-state index in [2.05, 4.69) is 0 Å². The maximum atomic E-state index is 12.9. The third-order valence-electron chi connectivity index (χ3n) is 7.06. The average molecular weight is 493 g/mol. The lowest BCUT2D eigenvalue weighted by Crippen LogP contribution is -2.31. The van der Waals surface area contributed by atoms with Crippen molar-refractivity contribution in [2.45, 2.75) is 33.1 Å². The number of benzene rings is 2. The zero-order valence-corrected chi connectivity index (χ0v) is 20.2. The van der Waals surface area contributed by atoms with Crippen LogP contribution in [0.2, 0.25) is 5.02 Å². The molecule has 0 aromatic heterocycles. The highest BCUT2D eigenvalue weighted by Gasteiger charge is 2.48. The van der Waals surface area contributed by atoms with Gasteiger partial charge in [0.1, 0.15) is 5.75 Å². The smallest absolute Gasteiger partial charge is 0.316 e. The second-order valence-corrected chi connectivity index (χ2v) is 9.78. The lowest BCUT2D eigenvalue weighted by Gasteiger charge is -2.19. The summed E-state index contributed by atoms with van der Waals surface area (Å²) in [7, 11) is 0. The summed E-state index contributed by atoms with van der Waals surface area (Å²) in [6.07, 6.45) is 5.11. The molecule has 2 heterocycles. The number of hydrogen-bond donors (Lipinski definition) is 0. The Morgan fingerprint density at radius 1 is 0.943 bits per heavy atom. The van der Waals surface area contributed by atoms with Crippen molar-refractivity contribution in [1.29, 1.82) is 0 Å². The van der Waals surface area contributed by atoms with E-state index in [0.29, 0.717) is 40.6 Å². The molecule has 3 aliphatic rings. The van der Waals surface area contributed by atoms with Crippen LogP contribution in [0.25, 0.3) is 0 Å². The number of imide groups is 1. The van der Waals surface area contributed by atoms with Crippen LogP contribution < -0.4 is 14.5 Å². The van der Waals surface area contributed by atoms with Gasteiger partial charge in [0.05, 0.1) is 23.4 Å². The van der Waals surface area contributed by atoms with Crippen LogP contribution in [0.4, 0.5) is 11.4 Å². The predicted octanol–water partition coefficient (Wildman–Crippen LogP) is 4.37. The van der Waals surface area contributed by atoms with E-state index in [1.54, 1.807) is 36.1 Å². The summed E-state index contributed by atoms with van der Waals surface area (Å²) in [5.74, 6) is -1.96. The molecule has 7 nitrogen and oxygen atoms in total. The minimum Gasteiger partial charge on any atom is -0.426 e. The SMILES string of the molecule is Cc1ccc(N2C[C@H](C(=O)Oc3ccc(N4C(=O)[C@H]5CC=CC[C@H]5C4=O)c(C)c3)CC2=O)cc1Cl. The van der Waals surface area contributed by atoms with Gasteiger partial charge in [-0.2, -0.15) is 0 Å². The number of rotatable bonds is 4. The summed E-state index contributed by atoms with van der Waals surface area (Å²) in [5.41, 5.74) is 2.72. The number of halogens is 1. The number of carbonyl (C=O) groups is 4. The molecule has 2 aromatic carbocycles. The Kier molecular flexibility index (Phi) is 5.97. The molecule has 3 amide bonds. The van der Waals surface area contributed by atoms with Gasteiger partial charge in [0.25, 0.3) is 0 Å². The quantitative estimate of drug-likeness (QED) is 0.274. The van der Waals surface area contributed by atoms with Gasteiger partial charge in [0.15, 0.2) is 0 Å². The molecule has 2 aliphatic heterocycles. The Bertz CT molecular complexity index is 1260. The van der Waals surface area contributed by atoms with Gasteiger partial charge < -0.3 is 9.64 Å². The van der Waals surface area contributed by atoms with E-state index in [-0.39, 0.29) is 42.5 Å². The predicted molar refractivity (Wildman–Crippen MR) is 131 cm³/mol. The Morgan fingerprint density at radius 3 is 2.26 bits per heavy atom. The normalized spacial score (nSPS) is 23.7. The molecule has 5 rings (SSSR count). The summed E-state index contributed by atoms with van der Waals surface area (Å²) in [4.78, 5) is 54.0. The first-order valence-electron chi connectivity index (χ1n) is 11.7. The van der Waals surface area contributed by atoms with E-state index in [1.165, 1.54) is 4.90 Å². The number of nitrogens with zero attached hydrogens (tertiary/aromatic N) is 2. The summed E-state index contributed by atoms with van der Waals surface area (Å²) in [6, 6.07) is 10.2. The van der Waals surface area contributed by atoms with Crippen molar-refractivity contribution in [1.82, 2.24) is 0 Å². The first-order chi connectivity index (χ1) is 16.7. The lowest BCUT2D eigenvalue weighted by molar-refractivity contribution is -0.139. The summed E-state index contributed by atoms with van der Waals surface area (Å²) in [6.45, 7) is 3.86. The molecule has 1 aliphatic carbocycles. The zero-order valence-electron chi connectivity index (χ0n) is 19.5. The molecule has 0 saturated carbocycles. The molecule has 0 spiro atoms. The highest BCUT2D eigenvalue weighted by molar-refractivity contribution is 6.31. The van der Waals surface area contributed by atoms with Gasteiger partial charge in [-0.15, -0.1) is 0 Å². The van der Waals surface area contributed by atoms with Crippen molar-refractivity contribution in [3.05, 3.63) is 64.7 Å². The molecule has 2 aromatic rings. The van der Waals surface area contributed by atoms with Crippen LogP contribution in [-0.2, 0) is 19.2 Å². The van der Waals surface area contributed by atoms with E-state index in [0.717, 1.165) is 5.56 Å². The largest absolute Gasteiger partial charge is 0.426 e. The van der Waals surface area contributed by atoms with Crippen LogP contribution in [0.3, 0.4) is 0 Å². The van der Waals surface area contributed by atoms with Crippen LogP contribution in [0, 0.1) is 31.6 Å². The van der Waals surface area contributed by atoms with Gasteiger partial charge in [-0.3, -0.25) is 19.2 Å². The summed E-state index contributed by atoms with van der Waals surface area (Å²) in [5, 5.41) is 0.558. The highest BCUT2D eigenvalue weighted by Crippen LogP contribution is 2.39. The van der Waals surface area contributed by atoms with Crippen LogP contribution in [0.15, 0.2) is 48.6 Å². The van der Waals surface area contributed by atoms with Crippen LogP contribution in [0.1, 0.15) is 30.4 Å². The van der Waals surface area contributed by atoms with Gasteiger partial charge in [-0.05, 0) is 68.1 Å². The van der Waals surface area contributed by atoms with E-state index in [1.807, 2.05) is 31.2 Å². The minimum absolute atomic E-state index is 0.0506. The van der Waals surface area contributed by atoms with Crippen molar-refractivity contribution in [2.75, 3.05) is 16.3 Å². The third-order valence-corrected chi connectivity index (χ3v) is 7.47. The van der Waals surface area contributed by atoms with E-state index in [4.69, 9.17) is 16.3 Å². The molecular formula is C27H25ClN2O5. The van der Waals surface area contributed by atoms with E-state index < -0.39 is 11.9 Å². The molecule has 8 heteroatoms. The zero-order chi connectivity index (χ0) is 24.9. The highest BCUT2D eigenvalue weighted by atomic mass is 35.5. The Balaban J connectivity index is 1.28. The Morgan fingerprint density at radius 2 is 1.63 bits per heavy atom. The standard InChI is InChI=1S/C27H25ClN2O5/c1-15-7-8-18(13-22(15)28)29-14-17(12-24(29)31)27(34)35-19-9-10-23(16(2)11-19)30-25(32)20-5-3-4-6-21(20)26(30)33/h3-4,7-11,13,17,20-21H,5-6,12,14H2,1-2H3/t17-,20-,21+/m1/s1. The number of anilines is 2. The fourth-order valence-electron chi connectivity index (χ4n) is 5.04. The molecule has 2 fully saturated rings. The maximum absolute atomic E-state index is 12.9. The van der Waals surface area contributed by atoms with Crippen molar-refractivity contribution in [3.63, 3.8) is 0 Å². The molecule has 3 atom stereocenters. The van der Waals surface area contributed by atoms with Gasteiger partial charge >= 0.3 is 5.97 Å². The number of hydrogen-bond acceptors (Lipinski definition) is 5. The molecule has 0 N–H and O–H groups in total. The van der Waals surface area contributed by atoms with Crippen molar-refractivity contribution in [2.24, 2.45) is 17.8 Å². The molecule has 180 valence electrons. The van der Waals surface area contributed by atoms with Crippen LogP contribution in [-0.4, -0.2) is 30.2 Å². The molecule has 0 radical (unpaired) electrons. The fraction of sp³-hybridized carbons (Fsp3) is 0.333. The van der Waals surface area contributed by atoms with Crippen molar-refractivity contribution in [3.8, 4) is 5.75 Å². The van der Waals surface area contributed by atoms with Gasteiger partial charge in [0, 0.05) is 23.7 Å². The Labute approximate surface area is 208 Å². The average Bonchev–Trinajstić information content (AvgIpc) is 3.34. The summed E-state index contributed by atoms with van der Waals surface area (Å²) >= 11 is 6.20. The Hall–Kier alpha value is -3.45. The fourth-order valence-corrected chi connectivity index (χ4v) is 5.22. The van der Waals surface area contributed by atoms with Gasteiger partial charge in [-0.1, -0.05) is 29.8 Å². The number of ether oxygens (including phenoxy) is 1. The van der Waals surface area contributed by atoms with E-state index in [9.17, 15) is 19.2 Å². The van der Waals surface area contributed by atoms with E-state index >= 15 is 0 Å². The number of esters is 1. The topological polar surface area (TPSA) is 84.0 Å². The first-order valence-corrected chi connectivity index (χ1v) is 12.0. The van der Waals surface area contributed by atoms with Crippen LogP contribution in [0.5, 0.6) is 5.75 Å². The minimum atomic E-state index is -0.611. The lowest BCUT2D eigenvalue weighted by atomic mass is 9.85. The molecular weight excluding hydrogens is 468 g/mol. The third kappa shape index (κ3) is 4.14. The molecule has 2 saturated heterocycles. The number of allylic oxidation sites excluding steroid dienone is 2. The van der Waals surface area contributed by atoms with Crippen LogP contribution >= 0.6 is 11.6 Å².